The average molecular weight is 424 g/mol. The van der Waals surface area contributed by atoms with Crippen LogP contribution in [-0.4, -0.2) is 26.5 Å². The van der Waals surface area contributed by atoms with Crippen molar-refractivity contribution in [3.63, 3.8) is 0 Å². The number of H-pyrrole nitrogens is 1. The van der Waals surface area contributed by atoms with E-state index in [1.807, 2.05) is 51.3 Å². The molecule has 0 saturated carbocycles. The Balaban J connectivity index is 2.03. The minimum atomic E-state index is -1.09. The SMILES string of the molecule is CCCc1cc(C)[nH]c(=O)c1CNC(=O)c1cc(C(=O)O)cc2c1cc(C)n2C(C)C. The van der Waals surface area contributed by atoms with Crippen LogP contribution in [0.15, 0.2) is 29.1 Å². The number of fused-ring (bicyclic) bond motifs is 1. The zero-order valence-electron chi connectivity index (χ0n) is 18.6. The van der Waals surface area contributed by atoms with Crippen molar-refractivity contribution in [2.24, 2.45) is 0 Å². The van der Waals surface area contributed by atoms with E-state index >= 15 is 0 Å². The van der Waals surface area contributed by atoms with E-state index in [0.29, 0.717) is 16.5 Å². The molecular formula is C24H29N3O4. The molecule has 0 aliphatic heterocycles. The van der Waals surface area contributed by atoms with Gasteiger partial charge in [-0.2, -0.15) is 0 Å². The molecule has 0 unspecified atom stereocenters. The van der Waals surface area contributed by atoms with Crippen molar-refractivity contribution < 1.29 is 14.7 Å². The number of carbonyl (C=O) groups is 2. The predicted molar refractivity (Wildman–Crippen MR) is 121 cm³/mol. The number of hydrogen-bond donors (Lipinski definition) is 3. The summed E-state index contributed by atoms with van der Waals surface area (Å²) in [5.74, 6) is -1.50. The molecular weight excluding hydrogens is 394 g/mol. The van der Waals surface area contributed by atoms with Crippen LogP contribution in [-0.2, 0) is 13.0 Å². The van der Waals surface area contributed by atoms with Crippen molar-refractivity contribution in [3.05, 3.63) is 68.3 Å². The number of nitrogens with zero attached hydrogens (tertiary/aromatic N) is 1. The van der Waals surface area contributed by atoms with Crippen LogP contribution in [0.2, 0.25) is 0 Å². The summed E-state index contributed by atoms with van der Waals surface area (Å²) >= 11 is 0. The first-order chi connectivity index (χ1) is 14.6. The summed E-state index contributed by atoms with van der Waals surface area (Å²) < 4.78 is 2.02. The Hall–Kier alpha value is -3.35. The number of carboxylic acid groups (broad SMARTS) is 1. The summed E-state index contributed by atoms with van der Waals surface area (Å²) in [5.41, 5.74) is 4.01. The monoisotopic (exact) mass is 423 g/mol. The van der Waals surface area contributed by atoms with Gasteiger partial charge in [0, 0.05) is 40.5 Å². The highest BCUT2D eigenvalue weighted by atomic mass is 16.4. The van der Waals surface area contributed by atoms with Crippen LogP contribution in [0, 0.1) is 13.8 Å². The molecule has 0 aliphatic rings. The van der Waals surface area contributed by atoms with E-state index < -0.39 is 11.9 Å². The van der Waals surface area contributed by atoms with E-state index in [1.165, 1.54) is 6.07 Å². The number of aromatic carboxylic acids is 1. The first-order valence-corrected chi connectivity index (χ1v) is 10.5. The van der Waals surface area contributed by atoms with E-state index in [0.717, 1.165) is 29.8 Å². The van der Waals surface area contributed by atoms with Crippen LogP contribution in [0.1, 0.15) is 76.5 Å². The first-order valence-electron chi connectivity index (χ1n) is 10.5. The van der Waals surface area contributed by atoms with Gasteiger partial charge in [0.1, 0.15) is 0 Å². The largest absolute Gasteiger partial charge is 0.478 e. The third-order valence-electron chi connectivity index (χ3n) is 5.47. The van der Waals surface area contributed by atoms with Gasteiger partial charge in [-0.3, -0.25) is 9.59 Å². The molecule has 0 bridgehead atoms. The van der Waals surface area contributed by atoms with Gasteiger partial charge in [-0.15, -0.1) is 0 Å². The molecule has 3 aromatic rings. The lowest BCUT2D eigenvalue weighted by Crippen LogP contribution is -2.28. The van der Waals surface area contributed by atoms with Gasteiger partial charge in [0.25, 0.3) is 11.5 Å². The Labute approximate surface area is 181 Å². The van der Waals surface area contributed by atoms with E-state index in [4.69, 9.17) is 0 Å². The molecule has 164 valence electrons. The van der Waals surface area contributed by atoms with Gasteiger partial charge < -0.3 is 20.0 Å². The lowest BCUT2D eigenvalue weighted by molar-refractivity contribution is 0.0697. The second-order valence-electron chi connectivity index (χ2n) is 8.23. The van der Waals surface area contributed by atoms with Gasteiger partial charge in [0.2, 0.25) is 0 Å². The van der Waals surface area contributed by atoms with Crippen molar-refractivity contribution in [3.8, 4) is 0 Å². The summed E-state index contributed by atoms with van der Waals surface area (Å²) in [4.78, 5) is 40.1. The predicted octanol–water partition coefficient (Wildman–Crippen LogP) is 4.11. The van der Waals surface area contributed by atoms with Gasteiger partial charge in [-0.1, -0.05) is 13.3 Å². The molecule has 0 atom stereocenters. The summed E-state index contributed by atoms with van der Waals surface area (Å²) in [5, 5.41) is 13.1. The Morgan fingerprint density at radius 2 is 1.87 bits per heavy atom. The highest BCUT2D eigenvalue weighted by Crippen LogP contribution is 2.28. The van der Waals surface area contributed by atoms with Gasteiger partial charge >= 0.3 is 5.97 Å². The van der Waals surface area contributed by atoms with E-state index in [-0.39, 0.29) is 29.3 Å². The molecule has 2 heterocycles. The molecule has 0 radical (unpaired) electrons. The molecule has 7 nitrogen and oxygen atoms in total. The smallest absolute Gasteiger partial charge is 0.335 e. The highest BCUT2D eigenvalue weighted by Gasteiger charge is 2.20. The summed E-state index contributed by atoms with van der Waals surface area (Å²) in [6, 6.07) is 6.95. The molecule has 1 amide bonds. The number of amides is 1. The minimum absolute atomic E-state index is 0.0532. The molecule has 3 rings (SSSR count). The van der Waals surface area contributed by atoms with Gasteiger partial charge in [-0.05, 0) is 63.9 Å². The van der Waals surface area contributed by atoms with Crippen LogP contribution in [0.4, 0.5) is 0 Å². The molecule has 0 fully saturated rings. The highest BCUT2D eigenvalue weighted by molar-refractivity contribution is 6.09. The number of nitrogens with one attached hydrogen (secondary N) is 2. The van der Waals surface area contributed by atoms with Crippen LogP contribution in [0.25, 0.3) is 10.9 Å². The van der Waals surface area contributed by atoms with Crippen LogP contribution in [0.3, 0.4) is 0 Å². The molecule has 0 spiro atoms. The zero-order chi connectivity index (χ0) is 22.9. The Morgan fingerprint density at radius 3 is 2.48 bits per heavy atom. The quantitative estimate of drug-likeness (QED) is 0.532. The molecule has 7 heteroatoms. The number of benzene rings is 1. The van der Waals surface area contributed by atoms with Crippen molar-refractivity contribution in [2.45, 2.75) is 60.0 Å². The molecule has 2 aromatic heterocycles. The van der Waals surface area contributed by atoms with Crippen LogP contribution >= 0.6 is 0 Å². The van der Waals surface area contributed by atoms with Gasteiger partial charge in [-0.25, -0.2) is 4.79 Å². The fraction of sp³-hybridized carbons (Fsp3) is 0.375. The lowest BCUT2D eigenvalue weighted by Gasteiger charge is -2.14. The third kappa shape index (κ3) is 4.40. The van der Waals surface area contributed by atoms with Gasteiger partial charge in [0.05, 0.1) is 11.1 Å². The van der Waals surface area contributed by atoms with Crippen LogP contribution in [0.5, 0.6) is 0 Å². The molecule has 1 aromatic carbocycles. The second-order valence-corrected chi connectivity index (χ2v) is 8.23. The Bertz CT molecular complexity index is 1220. The molecule has 31 heavy (non-hydrogen) atoms. The number of aryl methyl sites for hydroxylation is 3. The van der Waals surface area contributed by atoms with Crippen molar-refractivity contribution in [1.82, 2.24) is 14.9 Å². The van der Waals surface area contributed by atoms with Crippen molar-refractivity contribution in [1.29, 1.82) is 0 Å². The second kappa shape index (κ2) is 8.79. The van der Waals surface area contributed by atoms with E-state index in [1.54, 1.807) is 6.07 Å². The molecule has 0 saturated heterocycles. The third-order valence-corrected chi connectivity index (χ3v) is 5.47. The Morgan fingerprint density at radius 1 is 1.16 bits per heavy atom. The normalized spacial score (nSPS) is 11.3. The number of carbonyl (C=O) groups excluding carboxylic acids is 1. The number of pyridine rings is 1. The van der Waals surface area contributed by atoms with E-state index in [2.05, 4.69) is 10.3 Å². The molecule has 0 aliphatic carbocycles. The number of carboxylic acids is 1. The number of rotatable bonds is 7. The minimum Gasteiger partial charge on any atom is -0.478 e. The standard InChI is InChI=1S/C24H29N3O4/c1-6-7-16-8-14(4)26-23(29)20(16)12-25-22(28)19-10-17(24(30)31)11-21-18(19)9-15(5)27(21)13(2)3/h8-11,13H,6-7,12H2,1-5H3,(H,25,28)(H,26,29)(H,30,31). The summed E-state index contributed by atoms with van der Waals surface area (Å²) in [6.07, 6.45) is 1.62. The summed E-state index contributed by atoms with van der Waals surface area (Å²) in [6.45, 7) is 9.90. The van der Waals surface area contributed by atoms with Crippen molar-refractivity contribution >= 4 is 22.8 Å². The number of aromatic nitrogens is 2. The maximum absolute atomic E-state index is 13.1. The maximum atomic E-state index is 13.1. The topological polar surface area (TPSA) is 104 Å². The van der Waals surface area contributed by atoms with E-state index in [9.17, 15) is 19.5 Å². The zero-order valence-corrected chi connectivity index (χ0v) is 18.6. The van der Waals surface area contributed by atoms with Gasteiger partial charge in [0.15, 0.2) is 0 Å². The van der Waals surface area contributed by atoms with Crippen LogP contribution < -0.4 is 10.9 Å². The van der Waals surface area contributed by atoms with Crippen molar-refractivity contribution in [2.75, 3.05) is 0 Å². The number of hydrogen-bond acceptors (Lipinski definition) is 3. The maximum Gasteiger partial charge on any atom is 0.335 e. The summed E-state index contributed by atoms with van der Waals surface area (Å²) in [7, 11) is 0. The lowest BCUT2D eigenvalue weighted by atomic mass is 10.0. The first kappa shape index (κ1) is 22.3. The Kier molecular flexibility index (Phi) is 6.34. The molecule has 3 N–H and O–H groups in total. The fourth-order valence-corrected chi connectivity index (χ4v) is 4.19. The average Bonchev–Trinajstić information content (AvgIpc) is 3.02. The fourth-order valence-electron chi connectivity index (χ4n) is 4.19. The number of aromatic amines is 1.